The molecule has 1 fully saturated rings. The van der Waals surface area contributed by atoms with E-state index in [1.165, 1.54) is 11.1 Å². The third kappa shape index (κ3) is 7.79. The smallest absolute Gasteiger partial charge is 0.119 e. The van der Waals surface area contributed by atoms with Gasteiger partial charge in [0.25, 0.3) is 0 Å². The van der Waals surface area contributed by atoms with Gasteiger partial charge in [-0.1, -0.05) is 66.2 Å². The first kappa shape index (κ1) is 26.6. The molecular formula is C30H38ClN3O2. The lowest BCUT2D eigenvalue weighted by Gasteiger charge is -2.36. The molecule has 3 aromatic carbocycles. The first-order chi connectivity index (χ1) is 17.6. The maximum Gasteiger partial charge on any atom is 0.119 e. The fourth-order valence-corrected chi connectivity index (χ4v) is 5.00. The Kier molecular flexibility index (Phi) is 10.2. The van der Waals surface area contributed by atoms with Crippen molar-refractivity contribution >= 4 is 11.6 Å². The Bertz CT molecular complexity index is 1050. The van der Waals surface area contributed by atoms with Crippen LogP contribution in [0.4, 0.5) is 0 Å². The van der Waals surface area contributed by atoms with Crippen LogP contribution in [0, 0.1) is 0 Å². The van der Waals surface area contributed by atoms with Crippen molar-refractivity contribution < 1.29 is 9.47 Å². The lowest BCUT2D eigenvalue weighted by molar-refractivity contribution is 0.0999. The molecule has 3 aromatic rings. The van der Waals surface area contributed by atoms with Gasteiger partial charge in [-0.2, -0.15) is 0 Å². The summed E-state index contributed by atoms with van der Waals surface area (Å²) < 4.78 is 11.8. The molecule has 1 heterocycles. The van der Waals surface area contributed by atoms with Crippen LogP contribution >= 0.6 is 11.6 Å². The topological polar surface area (TPSA) is 45.8 Å². The Morgan fingerprint density at radius 2 is 1.86 bits per heavy atom. The predicted octanol–water partition coefficient (Wildman–Crippen LogP) is 5.27. The minimum absolute atomic E-state index is 0.0286. The first-order valence-electron chi connectivity index (χ1n) is 12.9. The SMILES string of the molecule is COC(CNC(C)Cc1ccc(OCCN2CCNCC2c2ccccc2)cc1)c1cccc(Cl)c1. The average molecular weight is 508 g/mol. The molecule has 0 saturated carbocycles. The molecule has 1 saturated heterocycles. The van der Waals surface area contributed by atoms with E-state index in [-0.39, 0.29) is 6.10 Å². The van der Waals surface area contributed by atoms with Crippen molar-refractivity contribution in [1.29, 1.82) is 0 Å². The van der Waals surface area contributed by atoms with Crippen molar-refractivity contribution in [2.75, 3.05) is 46.4 Å². The van der Waals surface area contributed by atoms with Crippen LogP contribution in [0.5, 0.6) is 5.75 Å². The van der Waals surface area contributed by atoms with E-state index in [9.17, 15) is 0 Å². The summed E-state index contributed by atoms with van der Waals surface area (Å²) >= 11 is 6.14. The Hall–Kier alpha value is -2.41. The maximum atomic E-state index is 6.14. The lowest BCUT2D eigenvalue weighted by Crippen LogP contribution is -2.47. The third-order valence-electron chi connectivity index (χ3n) is 6.81. The highest BCUT2D eigenvalue weighted by molar-refractivity contribution is 6.30. The molecule has 6 heteroatoms. The molecule has 0 spiro atoms. The Labute approximate surface area is 220 Å². The molecule has 0 radical (unpaired) electrons. The molecule has 1 aliphatic rings. The van der Waals surface area contributed by atoms with Gasteiger partial charge in [-0.05, 0) is 54.3 Å². The van der Waals surface area contributed by atoms with Gasteiger partial charge in [-0.3, -0.25) is 4.90 Å². The van der Waals surface area contributed by atoms with E-state index in [0.29, 0.717) is 18.7 Å². The molecule has 3 atom stereocenters. The normalized spacial score (nSPS) is 18.0. The number of benzene rings is 3. The highest BCUT2D eigenvalue weighted by Crippen LogP contribution is 2.22. The third-order valence-corrected chi connectivity index (χ3v) is 7.04. The van der Waals surface area contributed by atoms with Crippen LogP contribution in [-0.2, 0) is 11.2 Å². The summed E-state index contributed by atoms with van der Waals surface area (Å²) in [5, 5.41) is 7.85. The second kappa shape index (κ2) is 13.8. The second-order valence-corrected chi connectivity index (χ2v) is 9.89. The summed E-state index contributed by atoms with van der Waals surface area (Å²) in [5.74, 6) is 0.922. The van der Waals surface area contributed by atoms with E-state index in [1.54, 1.807) is 7.11 Å². The van der Waals surface area contributed by atoms with Crippen LogP contribution in [0.25, 0.3) is 0 Å². The van der Waals surface area contributed by atoms with Gasteiger partial charge in [0.15, 0.2) is 0 Å². The number of piperazine rings is 1. The second-order valence-electron chi connectivity index (χ2n) is 9.45. The quantitative estimate of drug-likeness (QED) is 0.349. The van der Waals surface area contributed by atoms with Gasteiger partial charge in [-0.25, -0.2) is 0 Å². The summed E-state index contributed by atoms with van der Waals surface area (Å²) in [6.07, 6.45) is 0.908. The molecule has 36 heavy (non-hydrogen) atoms. The Morgan fingerprint density at radius 3 is 2.61 bits per heavy atom. The largest absolute Gasteiger partial charge is 0.492 e. The summed E-state index contributed by atoms with van der Waals surface area (Å²) in [5.41, 5.74) is 3.73. The summed E-state index contributed by atoms with van der Waals surface area (Å²) in [6, 6.07) is 27.8. The number of nitrogens with zero attached hydrogens (tertiary/aromatic N) is 1. The number of nitrogens with one attached hydrogen (secondary N) is 2. The number of rotatable bonds is 12. The standard InChI is InChI=1S/C30H38ClN3O2/c1-23(33-22-30(35-2)26-9-6-10-27(31)20-26)19-24-11-13-28(14-12-24)36-18-17-34-16-15-32-21-29(34)25-7-4-3-5-8-25/h3-14,20,23,29-30,32-33H,15-19,21-22H2,1-2H3. The molecule has 1 aliphatic heterocycles. The minimum Gasteiger partial charge on any atom is -0.492 e. The fraction of sp³-hybridized carbons (Fsp3) is 0.400. The van der Waals surface area contributed by atoms with E-state index in [0.717, 1.165) is 55.5 Å². The molecular weight excluding hydrogens is 470 g/mol. The van der Waals surface area contributed by atoms with Crippen LogP contribution in [0.3, 0.4) is 0 Å². The van der Waals surface area contributed by atoms with Gasteiger partial charge in [0.1, 0.15) is 12.4 Å². The highest BCUT2D eigenvalue weighted by Gasteiger charge is 2.23. The van der Waals surface area contributed by atoms with Crippen LogP contribution in [0.15, 0.2) is 78.9 Å². The zero-order valence-electron chi connectivity index (χ0n) is 21.3. The van der Waals surface area contributed by atoms with Gasteiger partial charge in [0.2, 0.25) is 0 Å². The number of hydrogen-bond acceptors (Lipinski definition) is 5. The Balaban J connectivity index is 1.21. The molecule has 2 N–H and O–H groups in total. The summed E-state index contributed by atoms with van der Waals surface area (Å²) in [4.78, 5) is 2.52. The van der Waals surface area contributed by atoms with Crippen molar-refractivity contribution in [2.45, 2.75) is 31.5 Å². The number of methoxy groups -OCH3 is 1. The van der Waals surface area contributed by atoms with E-state index >= 15 is 0 Å². The van der Waals surface area contributed by atoms with Crippen molar-refractivity contribution in [1.82, 2.24) is 15.5 Å². The van der Waals surface area contributed by atoms with Gasteiger partial charge in [-0.15, -0.1) is 0 Å². The van der Waals surface area contributed by atoms with Crippen molar-refractivity contribution in [3.05, 3.63) is 101 Å². The van der Waals surface area contributed by atoms with E-state index < -0.39 is 0 Å². The molecule has 4 rings (SSSR count). The van der Waals surface area contributed by atoms with E-state index in [4.69, 9.17) is 21.1 Å². The van der Waals surface area contributed by atoms with E-state index in [1.807, 2.05) is 18.2 Å². The van der Waals surface area contributed by atoms with Crippen LogP contribution in [0.2, 0.25) is 5.02 Å². The number of hydrogen-bond donors (Lipinski definition) is 2. The van der Waals surface area contributed by atoms with Crippen molar-refractivity contribution in [2.24, 2.45) is 0 Å². The monoisotopic (exact) mass is 507 g/mol. The predicted molar refractivity (Wildman–Crippen MR) is 148 cm³/mol. The zero-order chi connectivity index (χ0) is 25.2. The van der Waals surface area contributed by atoms with E-state index in [2.05, 4.69) is 83.1 Å². The molecule has 0 bridgehead atoms. The minimum atomic E-state index is -0.0286. The van der Waals surface area contributed by atoms with Gasteiger partial charge in [0, 0.05) is 56.9 Å². The van der Waals surface area contributed by atoms with Crippen molar-refractivity contribution in [3.8, 4) is 5.75 Å². The molecule has 192 valence electrons. The van der Waals surface area contributed by atoms with Crippen molar-refractivity contribution in [3.63, 3.8) is 0 Å². The molecule has 0 aromatic heterocycles. The van der Waals surface area contributed by atoms with Gasteiger partial charge >= 0.3 is 0 Å². The summed E-state index contributed by atoms with van der Waals surface area (Å²) in [7, 11) is 1.74. The highest BCUT2D eigenvalue weighted by atomic mass is 35.5. The molecule has 5 nitrogen and oxygen atoms in total. The molecule has 0 aliphatic carbocycles. The average Bonchev–Trinajstić information content (AvgIpc) is 2.91. The molecule has 0 amide bonds. The fourth-order valence-electron chi connectivity index (χ4n) is 4.80. The maximum absolute atomic E-state index is 6.14. The summed E-state index contributed by atoms with van der Waals surface area (Å²) in [6.45, 7) is 7.57. The number of halogens is 1. The van der Waals surface area contributed by atoms with Crippen LogP contribution in [0.1, 0.15) is 35.8 Å². The Morgan fingerprint density at radius 1 is 1.06 bits per heavy atom. The lowest BCUT2D eigenvalue weighted by atomic mass is 10.0. The van der Waals surface area contributed by atoms with Crippen LogP contribution in [-0.4, -0.2) is 57.4 Å². The first-order valence-corrected chi connectivity index (χ1v) is 13.2. The zero-order valence-corrected chi connectivity index (χ0v) is 22.1. The molecule has 3 unspecified atom stereocenters. The van der Waals surface area contributed by atoms with Gasteiger partial charge < -0.3 is 20.1 Å². The van der Waals surface area contributed by atoms with Gasteiger partial charge in [0.05, 0.1) is 6.10 Å². The number of ether oxygens (including phenoxy) is 2. The van der Waals surface area contributed by atoms with Crippen LogP contribution < -0.4 is 15.4 Å².